The van der Waals surface area contributed by atoms with Crippen LogP contribution in [0.4, 0.5) is 5.69 Å². The second kappa shape index (κ2) is 9.02. The summed E-state index contributed by atoms with van der Waals surface area (Å²) < 4.78 is 0. The zero-order chi connectivity index (χ0) is 19.2. The Morgan fingerprint density at radius 2 is 1.52 bits per heavy atom. The van der Waals surface area contributed by atoms with E-state index in [-0.39, 0.29) is 29.7 Å². The number of rotatable bonds is 6. The van der Waals surface area contributed by atoms with E-state index in [9.17, 15) is 14.4 Å². The minimum atomic E-state index is -0.504. The largest absolute Gasteiger partial charge is 0.349 e. The summed E-state index contributed by atoms with van der Waals surface area (Å²) in [7, 11) is 0. The molecule has 1 atom stereocenters. The Morgan fingerprint density at radius 3 is 2.11 bits per heavy atom. The molecule has 0 bridgehead atoms. The molecule has 1 aromatic rings. The van der Waals surface area contributed by atoms with Gasteiger partial charge in [0, 0.05) is 24.2 Å². The molecule has 27 heavy (non-hydrogen) atoms. The molecule has 0 spiro atoms. The Kier molecular flexibility index (Phi) is 6.48. The highest BCUT2D eigenvalue weighted by molar-refractivity contribution is 5.98. The van der Waals surface area contributed by atoms with Gasteiger partial charge >= 0.3 is 0 Å². The fourth-order valence-corrected chi connectivity index (χ4v) is 4.17. The lowest BCUT2D eigenvalue weighted by molar-refractivity contribution is -0.126. The van der Waals surface area contributed by atoms with Gasteiger partial charge in [0.25, 0.3) is 5.91 Å². The van der Waals surface area contributed by atoms with Gasteiger partial charge < -0.3 is 16.0 Å². The maximum absolute atomic E-state index is 12.7. The normalized spacial score (nSPS) is 18.9. The van der Waals surface area contributed by atoms with Crippen molar-refractivity contribution >= 4 is 23.4 Å². The summed E-state index contributed by atoms with van der Waals surface area (Å²) in [6.07, 6.45) is 8.55. The van der Waals surface area contributed by atoms with Gasteiger partial charge in [-0.2, -0.15) is 0 Å². The SMILES string of the molecule is CC(=O)NC(C(=O)Nc1ccc(C(=O)NC2CCCC2)cc1)C1CCCC1. The van der Waals surface area contributed by atoms with Crippen molar-refractivity contribution in [1.29, 1.82) is 0 Å². The van der Waals surface area contributed by atoms with Gasteiger partial charge in [0.1, 0.15) is 6.04 Å². The standard InChI is InChI=1S/C21H29N3O3/c1-14(25)22-19(15-6-2-3-7-15)21(27)24-18-12-10-16(11-13-18)20(26)23-17-8-4-5-9-17/h10-13,15,17,19H,2-9H2,1H3,(H,22,25)(H,23,26)(H,24,27). The topological polar surface area (TPSA) is 87.3 Å². The Morgan fingerprint density at radius 1 is 0.926 bits per heavy atom. The molecule has 146 valence electrons. The van der Waals surface area contributed by atoms with Crippen LogP contribution >= 0.6 is 0 Å². The quantitative estimate of drug-likeness (QED) is 0.718. The predicted octanol–water partition coefficient (Wildman–Crippen LogP) is 2.99. The van der Waals surface area contributed by atoms with E-state index < -0.39 is 6.04 Å². The summed E-state index contributed by atoms with van der Waals surface area (Å²) in [6.45, 7) is 1.44. The van der Waals surface area contributed by atoms with Crippen molar-refractivity contribution in [3.05, 3.63) is 29.8 Å². The summed E-state index contributed by atoms with van der Waals surface area (Å²) in [4.78, 5) is 36.5. The second-order valence-electron chi connectivity index (χ2n) is 7.74. The Labute approximate surface area is 160 Å². The third-order valence-corrected chi connectivity index (χ3v) is 5.62. The molecule has 2 aliphatic rings. The maximum atomic E-state index is 12.7. The lowest BCUT2D eigenvalue weighted by atomic mass is 9.97. The second-order valence-corrected chi connectivity index (χ2v) is 7.74. The van der Waals surface area contributed by atoms with Gasteiger partial charge in [-0.15, -0.1) is 0 Å². The number of amides is 3. The average Bonchev–Trinajstić information content (AvgIpc) is 3.34. The van der Waals surface area contributed by atoms with Crippen molar-refractivity contribution in [3.63, 3.8) is 0 Å². The molecule has 2 fully saturated rings. The summed E-state index contributed by atoms with van der Waals surface area (Å²) in [5.74, 6) is -0.270. The number of benzene rings is 1. The zero-order valence-corrected chi connectivity index (χ0v) is 15.9. The molecule has 6 nitrogen and oxygen atoms in total. The van der Waals surface area contributed by atoms with Crippen LogP contribution in [0, 0.1) is 5.92 Å². The van der Waals surface area contributed by atoms with E-state index in [0.29, 0.717) is 11.3 Å². The molecule has 0 aromatic heterocycles. The molecule has 0 radical (unpaired) electrons. The number of carbonyl (C=O) groups excluding carboxylic acids is 3. The first kappa shape index (κ1) is 19.4. The summed E-state index contributed by atoms with van der Waals surface area (Å²) in [6, 6.07) is 6.70. The van der Waals surface area contributed by atoms with Crippen molar-refractivity contribution in [3.8, 4) is 0 Å². The molecule has 1 unspecified atom stereocenters. The van der Waals surface area contributed by atoms with Crippen LogP contribution in [0.2, 0.25) is 0 Å². The van der Waals surface area contributed by atoms with Gasteiger partial charge in [-0.1, -0.05) is 25.7 Å². The predicted molar refractivity (Wildman–Crippen MR) is 104 cm³/mol. The van der Waals surface area contributed by atoms with Crippen LogP contribution in [0.5, 0.6) is 0 Å². The highest BCUT2D eigenvalue weighted by Gasteiger charge is 2.31. The molecule has 3 amide bonds. The van der Waals surface area contributed by atoms with Crippen molar-refractivity contribution in [1.82, 2.24) is 10.6 Å². The van der Waals surface area contributed by atoms with Gasteiger partial charge in [0.2, 0.25) is 11.8 Å². The fraction of sp³-hybridized carbons (Fsp3) is 0.571. The van der Waals surface area contributed by atoms with Gasteiger partial charge in [0.15, 0.2) is 0 Å². The van der Waals surface area contributed by atoms with Crippen molar-refractivity contribution < 1.29 is 14.4 Å². The molecule has 2 aliphatic carbocycles. The highest BCUT2D eigenvalue weighted by atomic mass is 16.2. The van der Waals surface area contributed by atoms with Crippen LogP contribution in [-0.2, 0) is 9.59 Å². The lowest BCUT2D eigenvalue weighted by Crippen LogP contribution is -2.47. The number of nitrogens with one attached hydrogen (secondary N) is 3. The summed E-state index contributed by atoms with van der Waals surface area (Å²) >= 11 is 0. The first-order valence-electron chi connectivity index (χ1n) is 10.0. The van der Waals surface area contributed by atoms with E-state index in [1.54, 1.807) is 24.3 Å². The molecule has 0 saturated heterocycles. The monoisotopic (exact) mass is 371 g/mol. The van der Waals surface area contributed by atoms with E-state index in [4.69, 9.17) is 0 Å². The van der Waals surface area contributed by atoms with Gasteiger partial charge in [-0.25, -0.2) is 0 Å². The minimum Gasteiger partial charge on any atom is -0.349 e. The Balaban J connectivity index is 1.59. The Bertz CT molecular complexity index is 674. The van der Waals surface area contributed by atoms with E-state index in [1.807, 2.05) is 0 Å². The molecular formula is C21H29N3O3. The van der Waals surface area contributed by atoms with Crippen LogP contribution in [0.25, 0.3) is 0 Å². The third-order valence-electron chi connectivity index (χ3n) is 5.62. The van der Waals surface area contributed by atoms with Gasteiger partial charge in [0.05, 0.1) is 0 Å². The van der Waals surface area contributed by atoms with Crippen LogP contribution in [0.1, 0.15) is 68.6 Å². The van der Waals surface area contributed by atoms with Gasteiger partial charge in [-0.05, 0) is 55.9 Å². The van der Waals surface area contributed by atoms with Crippen molar-refractivity contribution in [2.24, 2.45) is 5.92 Å². The first-order valence-corrected chi connectivity index (χ1v) is 10.0. The summed E-state index contributed by atoms with van der Waals surface area (Å²) in [5, 5.41) is 8.73. The number of hydrogen-bond donors (Lipinski definition) is 3. The Hall–Kier alpha value is -2.37. The fourth-order valence-electron chi connectivity index (χ4n) is 4.17. The third kappa shape index (κ3) is 5.31. The number of carbonyl (C=O) groups is 3. The molecule has 0 aliphatic heterocycles. The number of hydrogen-bond acceptors (Lipinski definition) is 3. The highest BCUT2D eigenvalue weighted by Crippen LogP contribution is 2.28. The van der Waals surface area contributed by atoms with Gasteiger partial charge in [-0.3, -0.25) is 14.4 Å². The van der Waals surface area contributed by atoms with Crippen LogP contribution < -0.4 is 16.0 Å². The van der Waals surface area contributed by atoms with Crippen LogP contribution in [-0.4, -0.2) is 29.8 Å². The zero-order valence-electron chi connectivity index (χ0n) is 15.9. The summed E-state index contributed by atoms with van der Waals surface area (Å²) in [5.41, 5.74) is 1.22. The van der Waals surface area contributed by atoms with E-state index >= 15 is 0 Å². The molecule has 3 rings (SSSR count). The van der Waals surface area contributed by atoms with E-state index in [1.165, 1.54) is 19.8 Å². The average molecular weight is 371 g/mol. The molecule has 1 aromatic carbocycles. The van der Waals surface area contributed by atoms with Crippen LogP contribution in [0.3, 0.4) is 0 Å². The molecule has 2 saturated carbocycles. The lowest BCUT2D eigenvalue weighted by Gasteiger charge is -2.23. The smallest absolute Gasteiger partial charge is 0.251 e. The van der Waals surface area contributed by atoms with Crippen molar-refractivity contribution in [2.75, 3.05) is 5.32 Å². The molecule has 3 N–H and O–H groups in total. The first-order chi connectivity index (χ1) is 13.0. The molecular weight excluding hydrogens is 342 g/mol. The molecule has 6 heteroatoms. The van der Waals surface area contributed by atoms with Crippen molar-refractivity contribution in [2.45, 2.75) is 70.4 Å². The minimum absolute atomic E-state index is 0.0677. The maximum Gasteiger partial charge on any atom is 0.251 e. The van der Waals surface area contributed by atoms with E-state index in [2.05, 4.69) is 16.0 Å². The molecule has 0 heterocycles. The number of anilines is 1. The van der Waals surface area contributed by atoms with E-state index in [0.717, 1.165) is 38.5 Å². The van der Waals surface area contributed by atoms with Crippen LogP contribution in [0.15, 0.2) is 24.3 Å².